The van der Waals surface area contributed by atoms with Gasteiger partial charge in [-0.3, -0.25) is 0 Å². The topological polar surface area (TPSA) is 63.7 Å². The van der Waals surface area contributed by atoms with Crippen LogP contribution in [0.5, 0.6) is 0 Å². The van der Waals surface area contributed by atoms with E-state index in [1.807, 2.05) is 31.2 Å². The zero-order chi connectivity index (χ0) is 13.2. The molecule has 1 saturated heterocycles. The molecule has 1 aliphatic heterocycles. The summed E-state index contributed by atoms with van der Waals surface area (Å²) in [5.41, 5.74) is 3.21. The minimum Gasteiger partial charge on any atom is -0.372 e. The van der Waals surface area contributed by atoms with Crippen LogP contribution in [0.2, 0.25) is 0 Å². The average Bonchev–Trinajstić information content (AvgIpc) is 3.07. The molecule has 0 saturated carbocycles. The van der Waals surface area contributed by atoms with Gasteiger partial charge in [0.2, 0.25) is 0 Å². The fourth-order valence-electron chi connectivity index (χ4n) is 2.33. The van der Waals surface area contributed by atoms with Crippen molar-refractivity contribution >= 4 is 0 Å². The smallest absolute Gasteiger partial charge is 0.189 e. The molecule has 1 aromatic carbocycles. The van der Waals surface area contributed by atoms with Crippen molar-refractivity contribution in [3.8, 4) is 11.8 Å². The number of nitrogens with zero attached hydrogens (tertiary/aromatic N) is 4. The SMILES string of the molecule is Cc1ccc(-n2nnc(C#N)c2C2CCCO2)cc1. The maximum absolute atomic E-state index is 9.16. The first kappa shape index (κ1) is 11.9. The Labute approximate surface area is 111 Å². The molecule has 0 radical (unpaired) electrons. The monoisotopic (exact) mass is 254 g/mol. The summed E-state index contributed by atoms with van der Waals surface area (Å²) in [6.07, 6.45) is 1.84. The summed E-state index contributed by atoms with van der Waals surface area (Å²) < 4.78 is 7.39. The Kier molecular flexibility index (Phi) is 3.02. The molecule has 5 nitrogen and oxygen atoms in total. The van der Waals surface area contributed by atoms with E-state index in [4.69, 9.17) is 10.00 Å². The van der Waals surface area contributed by atoms with Crippen LogP contribution in [0.15, 0.2) is 24.3 Å². The summed E-state index contributed by atoms with van der Waals surface area (Å²) in [7, 11) is 0. The van der Waals surface area contributed by atoms with Crippen LogP contribution in [0.4, 0.5) is 0 Å². The lowest BCUT2D eigenvalue weighted by atomic mass is 10.1. The summed E-state index contributed by atoms with van der Waals surface area (Å²) >= 11 is 0. The number of aryl methyl sites for hydroxylation is 1. The summed E-state index contributed by atoms with van der Waals surface area (Å²) in [5, 5.41) is 17.2. The van der Waals surface area contributed by atoms with Crippen molar-refractivity contribution < 1.29 is 4.74 Å². The van der Waals surface area contributed by atoms with Gasteiger partial charge in [0.05, 0.1) is 5.69 Å². The molecule has 0 spiro atoms. The molecule has 0 aliphatic carbocycles. The van der Waals surface area contributed by atoms with Gasteiger partial charge in [0.15, 0.2) is 5.69 Å². The quantitative estimate of drug-likeness (QED) is 0.824. The largest absolute Gasteiger partial charge is 0.372 e. The molecule has 1 fully saturated rings. The van der Waals surface area contributed by atoms with E-state index >= 15 is 0 Å². The van der Waals surface area contributed by atoms with Gasteiger partial charge in [-0.05, 0) is 31.9 Å². The Morgan fingerprint density at radius 3 is 2.79 bits per heavy atom. The third-order valence-electron chi connectivity index (χ3n) is 3.32. The van der Waals surface area contributed by atoms with Gasteiger partial charge < -0.3 is 4.74 Å². The van der Waals surface area contributed by atoms with Crippen LogP contribution in [0.1, 0.15) is 35.9 Å². The van der Waals surface area contributed by atoms with E-state index in [-0.39, 0.29) is 6.10 Å². The van der Waals surface area contributed by atoms with Crippen LogP contribution in [-0.4, -0.2) is 21.6 Å². The fraction of sp³-hybridized carbons (Fsp3) is 0.357. The second kappa shape index (κ2) is 4.82. The van der Waals surface area contributed by atoms with Crippen molar-refractivity contribution in [2.75, 3.05) is 6.61 Å². The molecule has 96 valence electrons. The third-order valence-corrected chi connectivity index (χ3v) is 3.32. The average molecular weight is 254 g/mol. The molecule has 0 N–H and O–H groups in total. The van der Waals surface area contributed by atoms with Crippen molar-refractivity contribution in [1.29, 1.82) is 5.26 Å². The van der Waals surface area contributed by atoms with E-state index in [0.29, 0.717) is 5.69 Å². The maximum Gasteiger partial charge on any atom is 0.189 e. The molecular formula is C14H14N4O. The Morgan fingerprint density at radius 1 is 1.37 bits per heavy atom. The molecule has 1 aromatic heterocycles. The Hall–Kier alpha value is -2.19. The van der Waals surface area contributed by atoms with E-state index in [0.717, 1.165) is 30.8 Å². The zero-order valence-corrected chi connectivity index (χ0v) is 10.7. The van der Waals surface area contributed by atoms with E-state index in [1.165, 1.54) is 5.56 Å². The second-order valence-corrected chi connectivity index (χ2v) is 4.68. The highest BCUT2D eigenvalue weighted by Crippen LogP contribution is 2.31. The molecule has 1 unspecified atom stereocenters. The highest BCUT2D eigenvalue weighted by molar-refractivity contribution is 5.39. The minimum atomic E-state index is -0.0778. The lowest BCUT2D eigenvalue weighted by molar-refractivity contribution is 0.106. The van der Waals surface area contributed by atoms with Crippen LogP contribution in [0.25, 0.3) is 5.69 Å². The van der Waals surface area contributed by atoms with E-state index in [2.05, 4.69) is 16.4 Å². The standard InChI is InChI=1S/C14H14N4O/c1-10-4-6-11(7-5-10)18-14(12(9-15)16-17-18)13-3-2-8-19-13/h4-7,13H,2-3,8H2,1H3. The predicted molar refractivity (Wildman–Crippen MR) is 68.7 cm³/mol. The normalized spacial score (nSPS) is 18.4. The number of rotatable bonds is 2. The lowest BCUT2D eigenvalue weighted by Crippen LogP contribution is -2.08. The van der Waals surface area contributed by atoms with Crippen LogP contribution in [0, 0.1) is 18.3 Å². The predicted octanol–water partition coefficient (Wildman–Crippen LogP) is 2.30. The van der Waals surface area contributed by atoms with Crippen molar-refractivity contribution in [3.63, 3.8) is 0 Å². The van der Waals surface area contributed by atoms with Crippen LogP contribution in [0.3, 0.4) is 0 Å². The minimum absolute atomic E-state index is 0.0778. The number of aromatic nitrogens is 3. The number of nitriles is 1. The van der Waals surface area contributed by atoms with Crippen LogP contribution < -0.4 is 0 Å². The zero-order valence-electron chi connectivity index (χ0n) is 10.7. The van der Waals surface area contributed by atoms with Gasteiger partial charge in [0, 0.05) is 6.61 Å². The Balaban J connectivity index is 2.08. The van der Waals surface area contributed by atoms with Gasteiger partial charge in [-0.1, -0.05) is 22.9 Å². The summed E-state index contributed by atoms with van der Waals surface area (Å²) in [6.45, 7) is 2.77. The molecule has 2 aromatic rings. The number of hydrogen-bond acceptors (Lipinski definition) is 4. The molecule has 2 heterocycles. The van der Waals surface area contributed by atoms with Gasteiger partial charge in [-0.15, -0.1) is 5.10 Å². The summed E-state index contributed by atoms with van der Waals surface area (Å²) in [4.78, 5) is 0. The lowest BCUT2D eigenvalue weighted by Gasteiger charge is -2.12. The maximum atomic E-state index is 9.16. The fourth-order valence-corrected chi connectivity index (χ4v) is 2.33. The van der Waals surface area contributed by atoms with E-state index < -0.39 is 0 Å². The number of ether oxygens (including phenoxy) is 1. The van der Waals surface area contributed by atoms with Crippen molar-refractivity contribution in [3.05, 3.63) is 41.2 Å². The van der Waals surface area contributed by atoms with Gasteiger partial charge in [0.1, 0.15) is 17.9 Å². The highest BCUT2D eigenvalue weighted by Gasteiger charge is 2.27. The molecule has 1 aliphatic rings. The van der Waals surface area contributed by atoms with Crippen molar-refractivity contribution in [2.45, 2.75) is 25.9 Å². The Morgan fingerprint density at radius 2 is 2.16 bits per heavy atom. The van der Waals surface area contributed by atoms with Gasteiger partial charge >= 0.3 is 0 Å². The molecule has 5 heteroatoms. The first-order valence-electron chi connectivity index (χ1n) is 6.34. The molecule has 0 amide bonds. The number of hydrogen-bond donors (Lipinski definition) is 0. The van der Waals surface area contributed by atoms with Gasteiger partial charge in [-0.2, -0.15) is 5.26 Å². The second-order valence-electron chi connectivity index (χ2n) is 4.68. The van der Waals surface area contributed by atoms with Crippen molar-refractivity contribution in [2.24, 2.45) is 0 Å². The molecule has 1 atom stereocenters. The molecule has 3 rings (SSSR count). The molecular weight excluding hydrogens is 240 g/mol. The molecule has 19 heavy (non-hydrogen) atoms. The Bertz CT molecular complexity index is 618. The van der Waals surface area contributed by atoms with E-state index in [9.17, 15) is 0 Å². The first-order valence-corrected chi connectivity index (χ1v) is 6.34. The summed E-state index contributed by atoms with van der Waals surface area (Å²) in [5.74, 6) is 0. The van der Waals surface area contributed by atoms with Crippen LogP contribution in [-0.2, 0) is 4.74 Å². The van der Waals surface area contributed by atoms with Gasteiger partial charge in [0.25, 0.3) is 0 Å². The third kappa shape index (κ3) is 2.11. The van der Waals surface area contributed by atoms with Crippen LogP contribution >= 0.6 is 0 Å². The first-order chi connectivity index (χ1) is 9.29. The highest BCUT2D eigenvalue weighted by atomic mass is 16.5. The molecule has 0 bridgehead atoms. The van der Waals surface area contributed by atoms with Crippen molar-refractivity contribution in [1.82, 2.24) is 15.0 Å². The van der Waals surface area contributed by atoms with E-state index in [1.54, 1.807) is 4.68 Å². The van der Waals surface area contributed by atoms with Gasteiger partial charge in [-0.25, -0.2) is 4.68 Å². The number of benzene rings is 1. The summed E-state index contributed by atoms with van der Waals surface area (Å²) in [6, 6.07) is 10.1.